The van der Waals surface area contributed by atoms with Crippen molar-refractivity contribution in [3.63, 3.8) is 0 Å². The fourth-order valence-electron chi connectivity index (χ4n) is 0.957. The van der Waals surface area contributed by atoms with E-state index in [0.29, 0.717) is 0 Å². The van der Waals surface area contributed by atoms with Gasteiger partial charge < -0.3 is 0 Å². The Labute approximate surface area is 63.9 Å². The summed E-state index contributed by atoms with van der Waals surface area (Å²) in [6, 6.07) is 7.51. The highest BCUT2D eigenvalue weighted by Crippen LogP contribution is 2.09. The van der Waals surface area contributed by atoms with Crippen molar-refractivity contribution < 1.29 is 0 Å². The first-order valence-electron chi connectivity index (χ1n) is 3.30. The fourth-order valence-corrected chi connectivity index (χ4v) is 0.957. The molecule has 1 heterocycles. The van der Waals surface area contributed by atoms with Crippen LogP contribution in [0.25, 0.3) is 11.0 Å². The molecule has 0 unspecified atom stereocenters. The van der Waals surface area contributed by atoms with Crippen LogP contribution in [-0.4, -0.2) is 9.97 Å². The summed E-state index contributed by atoms with van der Waals surface area (Å²) in [4.78, 5) is 8.01. The van der Waals surface area contributed by atoms with E-state index in [-0.39, 0.29) is 5.82 Å². The van der Waals surface area contributed by atoms with Crippen molar-refractivity contribution in [2.75, 3.05) is 0 Å². The van der Waals surface area contributed by atoms with Crippen LogP contribution in [0, 0.1) is 0 Å². The van der Waals surface area contributed by atoms with E-state index in [4.69, 9.17) is 5.73 Å². The molecule has 2 rings (SSSR count). The SMILES string of the molecule is [NH]c1cnc2ccccc2n1. The minimum Gasteiger partial charge on any atom is -0.282 e. The molecule has 0 aliphatic rings. The molecule has 0 aliphatic heterocycles. The van der Waals surface area contributed by atoms with Gasteiger partial charge in [-0.1, -0.05) is 12.1 Å². The van der Waals surface area contributed by atoms with Gasteiger partial charge in [-0.25, -0.2) is 4.98 Å². The second-order valence-corrected chi connectivity index (χ2v) is 2.24. The molecular weight excluding hydrogens is 138 g/mol. The molecule has 0 bridgehead atoms. The summed E-state index contributed by atoms with van der Waals surface area (Å²) in [5.74, 6) is 0.212. The lowest BCUT2D eigenvalue weighted by Gasteiger charge is -1.94. The monoisotopic (exact) mass is 144 g/mol. The second kappa shape index (κ2) is 2.20. The van der Waals surface area contributed by atoms with Gasteiger partial charge in [0.15, 0.2) is 5.82 Å². The van der Waals surface area contributed by atoms with Crippen molar-refractivity contribution in [3.8, 4) is 0 Å². The van der Waals surface area contributed by atoms with Gasteiger partial charge in [0.25, 0.3) is 0 Å². The number of hydrogen-bond donors (Lipinski definition) is 0. The normalized spacial score (nSPS) is 10.2. The lowest BCUT2D eigenvalue weighted by atomic mass is 10.3. The van der Waals surface area contributed by atoms with Gasteiger partial charge in [0.1, 0.15) is 0 Å². The Balaban J connectivity index is 2.83. The molecule has 0 fully saturated rings. The van der Waals surface area contributed by atoms with E-state index in [1.54, 1.807) is 0 Å². The summed E-state index contributed by atoms with van der Waals surface area (Å²) in [5.41, 5.74) is 8.82. The van der Waals surface area contributed by atoms with Crippen LogP contribution in [0.4, 0.5) is 5.82 Å². The summed E-state index contributed by atoms with van der Waals surface area (Å²) in [6.45, 7) is 0. The molecule has 1 N–H and O–H groups in total. The van der Waals surface area contributed by atoms with Crippen LogP contribution in [0.1, 0.15) is 0 Å². The van der Waals surface area contributed by atoms with Crippen molar-refractivity contribution in [1.82, 2.24) is 15.7 Å². The van der Waals surface area contributed by atoms with Crippen LogP contribution in [0.15, 0.2) is 30.5 Å². The highest BCUT2D eigenvalue weighted by Gasteiger charge is 1.93. The Morgan fingerprint density at radius 1 is 1.09 bits per heavy atom. The van der Waals surface area contributed by atoms with Crippen LogP contribution >= 0.6 is 0 Å². The van der Waals surface area contributed by atoms with Crippen molar-refractivity contribution in [1.29, 1.82) is 0 Å². The Morgan fingerprint density at radius 3 is 2.64 bits per heavy atom. The average Bonchev–Trinajstić information content (AvgIpc) is 2.04. The van der Waals surface area contributed by atoms with Gasteiger partial charge in [0.2, 0.25) is 0 Å². The molecule has 0 amide bonds. The van der Waals surface area contributed by atoms with Crippen molar-refractivity contribution in [2.45, 2.75) is 0 Å². The van der Waals surface area contributed by atoms with Gasteiger partial charge in [0.05, 0.1) is 17.2 Å². The Kier molecular flexibility index (Phi) is 1.22. The van der Waals surface area contributed by atoms with Crippen molar-refractivity contribution in [3.05, 3.63) is 30.5 Å². The van der Waals surface area contributed by atoms with E-state index in [1.807, 2.05) is 24.3 Å². The molecule has 0 saturated carbocycles. The quantitative estimate of drug-likeness (QED) is 0.563. The first-order valence-corrected chi connectivity index (χ1v) is 3.30. The number of rotatable bonds is 0. The maximum Gasteiger partial charge on any atom is 0.163 e. The van der Waals surface area contributed by atoms with E-state index in [0.717, 1.165) is 11.0 Å². The first-order chi connectivity index (χ1) is 5.36. The maximum atomic E-state index is 7.20. The highest BCUT2D eigenvalue weighted by atomic mass is 14.9. The van der Waals surface area contributed by atoms with Crippen LogP contribution in [0.3, 0.4) is 0 Å². The fraction of sp³-hybridized carbons (Fsp3) is 0. The second-order valence-electron chi connectivity index (χ2n) is 2.24. The number of para-hydroxylation sites is 2. The smallest absolute Gasteiger partial charge is 0.163 e. The number of fused-ring (bicyclic) bond motifs is 1. The lowest BCUT2D eigenvalue weighted by molar-refractivity contribution is 1.23. The topological polar surface area (TPSA) is 49.6 Å². The summed E-state index contributed by atoms with van der Waals surface area (Å²) >= 11 is 0. The van der Waals surface area contributed by atoms with Crippen LogP contribution in [0.2, 0.25) is 0 Å². The van der Waals surface area contributed by atoms with E-state index in [9.17, 15) is 0 Å². The molecule has 1 aromatic carbocycles. The van der Waals surface area contributed by atoms with Gasteiger partial charge in [0, 0.05) is 0 Å². The molecule has 3 heteroatoms. The number of nitrogens with one attached hydrogen (secondary N) is 1. The van der Waals surface area contributed by atoms with E-state index < -0.39 is 0 Å². The van der Waals surface area contributed by atoms with Gasteiger partial charge in [-0.05, 0) is 12.1 Å². The van der Waals surface area contributed by atoms with Crippen LogP contribution in [0.5, 0.6) is 0 Å². The Hall–Kier alpha value is -1.64. The van der Waals surface area contributed by atoms with Crippen LogP contribution in [-0.2, 0) is 0 Å². The molecule has 2 aromatic rings. The molecule has 1 aromatic heterocycles. The number of hydrogen-bond acceptors (Lipinski definition) is 2. The number of benzene rings is 1. The summed E-state index contributed by atoms with van der Waals surface area (Å²) < 4.78 is 0. The zero-order valence-corrected chi connectivity index (χ0v) is 5.78. The molecule has 11 heavy (non-hydrogen) atoms. The minimum absolute atomic E-state index is 0.212. The van der Waals surface area contributed by atoms with Crippen molar-refractivity contribution >= 4 is 16.9 Å². The predicted octanol–water partition coefficient (Wildman–Crippen LogP) is 1.54. The van der Waals surface area contributed by atoms with Crippen molar-refractivity contribution in [2.24, 2.45) is 0 Å². The third-order valence-corrected chi connectivity index (χ3v) is 1.45. The van der Waals surface area contributed by atoms with Gasteiger partial charge >= 0.3 is 0 Å². The lowest BCUT2D eigenvalue weighted by Crippen LogP contribution is -1.83. The maximum absolute atomic E-state index is 7.20. The predicted molar refractivity (Wildman–Crippen MR) is 42.3 cm³/mol. The number of aromatic nitrogens is 2. The average molecular weight is 144 g/mol. The summed E-state index contributed by atoms with van der Waals surface area (Å²) in [5, 5.41) is 0. The van der Waals surface area contributed by atoms with Gasteiger partial charge in [-0.15, -0.1) is 0 Å². The molecule has 53 valence electrons. The third kappa shape index (κ3) is 1.00. The van der Waals surface area contributed by atoms with E-state index >= 15 is 0 Å². The molecule has 1 radical (unpaired) electrons. The standard InChI is InChI=1S/C8H6N3/c9-8-5-10-6-3-1-2-4-7(6)11-8/h1-5,9H. The Bertz CT molecular complexity index is 384. The number of nitrogens with zero attached hydrogens (tertiary/aromatic N) is 2. The van der Waals surface area contributed by atoms with Gasteiger partial charge in [-0.2, -0.15) is 0 Å². The molecular formula is C8H6N3. The molecule has 0 saturated heterocycles. The first kappa shape index (κ1) is 6.09. The molecule has 3 nitrogen and oxygen atoms in total. The van der Waals surface area contributed by atoms with Crippen LogP contribution < -0.4 is 5.73 Å². The zero-order chi connectivity index (χ0) is 7.68. The molecule has 0 aliphatic carbocycles. The van der Waals surface area contributed by atoms with Gasteiger partial charge in [-0.3, -0.25) is 10.7 Å². The summed E-state index contributed by atoms with van der Waals surface area (Å²) in [6.07, 6.45) is 1.45. The molecule has 0 spiro atoms. The third-order valence-electron chi connectivity index (χ3n) is 1.45. The minimum atomic E-state index is 0.212. The largest absolute Gasteiger partial charge is 0.282 e. The highest BCUT2D eigenvalue weighted by molar-refractivity contribution is 5.74. The zero-order valence-electron chi connectivity index (χ0n) is 5.78. The Morgan fingerprint density at radius 2 is 1.82 bits per heavy atom. The molecule has 0 atom stereocenters. The van der Waals surface area contributed by atoms with E-state index in [1.165, 1.54) is 6.20 Å². The van der Waals surface area contributed by atoms with E-state index in [2.05, 4.69) is 9.97 Å². The summed E-state index contributed by atoms with van der Waals surface area (Å²) in [7, 11) is 0.